The number of rotatable bonds is 4. The van der Waals surface area contributed by atoms with Gasteiger partial charge in [-0.1, -0.05) is 13.8 Å². The molecule has 1 unspecified atom stereocenters. The summed E-state index contributed by atoms with van der Waals surface area (Å²) in [5.41, 5.74) is 3.05. The number of hydrogen-bond acceptors (Lipinski definition) is 5. The minimum absolute atomic E-state index is 0.381. The number of carbonyl (C=O) groups is 2. The standard InChI is InChI=1S/C8H15N3O2/c1-3-10-6-9-11(4-2)8(10)7(13)5-12/h5,8-9H,3-4,6H2,1-2H3. The molecule has 1 aliphatic heterocycles. The number of hydrogen-bond donors (Lipinski definition) is 1. The lowest BCUT2D eigenvalue weighted by Crippen LogP contribution is -2.47. The topological polar surface area (TPSA) is 52.6 Å². The Morgan fingerprint density at radius 1 is 1.54 bits per heavy atom. The minimum Gasteiger partial charge on any atom is -0.294 e. The molecule has 0 aromatic rings. The van der Waals surface area contributed by atoms with Gasteiger partial charge < -0.3 is 0 Å². The van der Waals surface area contributed by atoms with E-state index in [0.29, 0.717) is 19.5 Å². The van der Waals surface area contributed by atoms with Crippen molar-refractivity contribution in [1.82, 2.24) is 15.3 Å². The Bertz CT molecular complexity index is 196. The van der Waals surface area contributed by atoms with Crippen LogP contribution in [-0.4, -0.2) is 47.9 Å². The number of hydrazine groups is 1. The van der Waals surface area contributed by atoms with Crippen LogP contribution in [0.2, 0.25) is 0 Å². The highest BCUT2D eigenvalue weighted by Gasteiger charge is 2.34. The molecule has 13 heavy (non-hydrogen) atoms. The van der Waals surface area contributed by atoms with E-state index in [-0.39, 0.29) is 5.78 Å². The first kappa shape index (κ1) is 10.3. The molecule has 1 heterocycles. The number of carbonyl (C=O) groups excluding carboxylic acids is 2. The van der Waals surface area contributed by atoms with E-state index in [4.69, 9.17) is 0 Å². The van der Waals surface area contributed by atoms with E-state index in [2.05, 4.69) is 5.43 Å². The molecule has 1 atom stereocenters. The van der Waals surface area contributed by atoms with Crippen LogP contribution < -0.4 is 5.43 Å². The highest BCUT2D eigenvalue weighted by Crippen LogP contribution is 2.09. The lowest BCUT2D eigenvalue weighted by Gasteiger charge is -2.23. The molecule has 1 saturated heterocycles. The van der Waals surface area contributed by atoms with Gasteiger partial charge in [0, 0.05) is 6.54 Å². The highest BCUT2D eigenvalue weighted by atomic mass is 16.2. The first-order chi connectivity index (χ1) is 6.24. The monoisotopic (exact) mass is 185 g/mol. The second-order valence-corrected chi connectivity index (χ2v) is 2.90. The largest absolute Gasteiger partial charge is 0.294 e. The molecule has 1 rings (SSSR count). The first-order valence-electron chi connectivity index (χ1n) is 4.47. The molecule has 74 valence electrons. The van der Waals surface area contributed by atoms with Crippen LogP contribution in [0.1, 0.15) is 13.8 Å². The van der Waals surface area contributed by atoms with Gasteiger partial charge in [0.25, 0.3) is 0 Å². The molecule has 1 N–H and O–H groups in total. The number of aldehydes is 1. The van der Waals surface area contributed by atoms with E-state index < -0.39 is 6.17 Å². The number of Topliss-reactive ketones (excluding diaryl/α,β-unsaturated/α-hetero) is 1. The molecule has 1 fully saturated rings. The van der Waals surface area contributed by atoms with Crippen LogP contribution >= 0.6 is 0 Å². The summed E-state index contributed by atoms with van der Waals surface area (Å²) in [6.45, 7) is 6.01. The Labute approximate surface area is 77.7 Å². The van der Waals surface area contributed by atoms with E-state index in [0.717, 1.165) is 6.54 Å². The van der Waals surface area contributed by atoms with Gasteiger partial charge in [0.15, 0.2) is 6.29 Å². The molecule has 5 heteroatoms. The van der Waals surface area contributed by atoms with Crippen LogP contribution in [-0.2, 0) is 9.59 Å². The van der Waals surface area contributed by atoms with Crippen LogP contribution in [0.15, 0.2) is 0 Å². The van der Waals surface area contributed by atoms with Gasteiger partial charge in [-0.25, -0.2) is 10.4 Å². The smallest absolute Gasteiger partial charge is 0.228 e. The van der Waals surface area contributed by atoms with E-state index in [9.17, 15) is 9.59 Å². The molecule has 5 nitrogen and oxygen atoms in total. The van der Waals surface area contributed by atoms with E-state index >= 15 is 0 Å². The van der Waals surface area contributed by atoms with Crippen molar-refractivity contribution < 1.29 is 9.59 Å². The fourth-order valence-corrected chi connectivity index (χ4v) is 1.52. The quantitative estimate of drug-likeness (QED) is 0.459. The third kappa shape index (κ3) is 1.93. The van der Waals surface area contributed by atoms with Gasteiger partial charge in [0.1, 0.15) is 6.17 Å². The highest BCUT2D eigenvalue weighted by molar-refractivity contribution is 6.27. The molecule has 0 aromatic heterocycles. The molecule has 1 aliphatic rings. The number of likely N-dealkylation sites (N-methyl/N-ethyl adjacent to an activating group) is 2. The lowest BCUT2D eigenvalue weighted by atomic mass is 10.3. The summed E-state index contributed by atoms with van der Waals surface area (Å²) in [5, 5.41) is 1.78. The number of nitrogens with one attached hydrogen (secondary N) is 1. The normalized spacial score (nSPS) is 24.9. The summed E-state index contributed by atoms with van der Waals surface area (Å²) in [5.74, 6) is -0.381. The van der Waals surface area contributed by atoms with Crippen molar-refractivity contribution in [1.29, 1.82) is 0 Å². The molecule has 0 bridgehead atoms. The molecule has 0 spiro atoms. The fourth-order valence-electron chi connectivity index (χ4n) is 1.52. The lowest BCUT2D eigenvalue weighted by molar-refractivity contribution is -0.136. The van der Waals surface area contributed by atoms with Crippen molar-refractivity contribution >= 4 is 12.1 Å². The summed E-state index contributed by atoms with van der Waals surface area (Å²) in [6, 6.07) is 0. The Balaban J connectivity index is 2.72. The third-order valence-electron chi connectivity index (χ3n) is 2.24. The van der Waals surface area contributed by atoms with Crippen LogP contribution in [0.3, 0.4) is 0 Å². The van der Waals surface area contributed by atoms with Crippen molar-refractivity contribution in [3.05, 3.63) is 0 Å². The summed E-state index contributed by atoms with van der Waals surface area (Å²) < 4.78 is 0. The van der Waals surface area contributed by atoms with Crippen molar-refractivity contribution in [2.45, 2.75) is 20.0 Å². The maximum absolute atomic E-state index is 11.3. The van der Waals surface area contributed by atoms with Gasteiger partial charge in [-0.3, -0.25) is 14.5 Å². The Morgan fingerprint density at radius 2 is 2.23 bits per heavy atom. The molecule has 0 saturated carbocycles. The molecule has 0 amide bonds. The van der Waals surface area contributed by atoms with E-state index in [1.54, 1.807) is 5.01 Å². The van der Waals surface area contributed by atoms with Crippen LogP contribution in [0.5, 0.6) is 0 Å². The number of ketones is 1. The average molecular weight is 185 g/mol. The van der Waals surface area contributed by atoms with E-state index in [1.807, 2.05) is 18.7 Å². The first-order valence-corrected chi connectivity index (χ1v) is 4.47. The summed E-state index contributed by atoms with van der Waals surface area (Å²) in [4.78, 5) is 23.6. The van der Waals surface area contributed by atoms with Gasteiger partial charge in [-0.2, -0.15) is 0 Å². The molecule has 0 aromatic carbocycles. The van der Waals surface area contributed by atoms with Gasteiger partial charge >= 0.3 is 0 Å². The average Bonchev–Trinajstić information content (AvgIpc) is 2.59. The number of nitrogens with zero attached hydrogens (tertiary/aromatic N) is 2. The van der Waals surface area contributed by atoms with Crippen molar-refractivity contribution in [3.8, 4) is 0 Å². The van der Waals surface area contributed by atoms with Gasteiger partial charge in [-0.15, -0.1) is 0 Å². The van der Waals surface area contributed by atoms with Gasteiger partial charge in [-0.05, 0) is 6.54 Å². The van der Waals surface area contributed by atoms with Gasteiger partial charge in [0.2, 0.25) is 5.78 Å². The van der Waals surface area contributed by atoms with Crippen molar-refractivity contribution in [3.63, 3.8) is 0 Å². The third-order valence-corrected chi connectivity index (χ3v) is 2.24. The van der Waals surface area contributed by atoms with Crippen molar-refractivity contribution in [2.75, 3.05) is 19.8 Å². The van der Waals surface area contributed by atoms with Gasteiger partial charge in [0.05, 0.1) is 6.67 Å². The molecule has 0 aliphatic carbocycles. The van der Waals surface area contributed by atoms with Crippen molar-refractivity contribution in [2.24, 2.45) is 0 Å². The van der Waals surface area contributed by atoms with E-state index in [1.165, 1.54) is 0 Å². The Hall–Kier alpha value is -0.780. The zero-order valence-corrected chi connectivity index (χ0v) is 7.99. The van der Waals surface area contributed by atoms with Crippen LogP contribution in [0.25, 0.3) is 0 Å². The molecule has 0 radical (unpaired) electrons. The summed E-state index contributed by atoms with van der Waals surface area (Å²) >= 11 is 0. The van der Waals surface area contributed by atoms with Crippen LogP contribution in [0.4, 0.5) is 0 Å². The predicted octanol–water partition coefficient (Wildman–Crippen LogP) is -0.800. The second-order valence-electron chi connectivity index (χ2n) is 2.90. The maximum Gasteiger partial charge on any atom is 0.228 e. The Morgan fingerprint density at radius 3 is 2.69 bits per heavy atom. The van der Waals surface area contributed by atoms with Crippen LogP contribution in [0, 0.1) is 0 Å². The summed E-state index contributed by atoms with van der Waals surface area (Å²) in [7, 11) is 0. The fraction of sp³-hybridized carbons (Fsp3) is 0.750. The molecular formula is C8H15N3O2. The predicted molar refractivity (Wildman–Crippen MR) is 47.6 cm³/mol. The maximum atomic E-state index is 11.3. The zero-order valence-electron chi connectivity index (χ0n) is 7.99. The molecular weight excluding hydrogens is 170 g/mol. The SMILES string of the molecule is CCN1CNN(CC)C1C(=O)C=O. The second kappa shape index (κ2) is 4.45. The Kier molecular flexibility index (Phi) is 3.53. The summed E-state index contributed by atoms with van der Waals surface area (Å²) in [6.07, 6.45) is -0.0179. The minimum atomic E-state index is -0.410. The zero-order chi connectivity index (χ0) is 9.84.